The summed E-state index contributed by atoms with van der Waals surface area (Å²) in [6.07, 6.45) is 0. The van der Waals surface area contributed by atoms with Crippen molar-refractivity contribution in [2.75, 3.05) is 21.3 Å². The molecule has 0 spiro atoms. The Bertz CT molecular complexity index is 987. The third-order valence-corrected chi connectivity index (χ3v) is 4.89. The van der Waals surface area contributed by atoms with Crippen molar-refractivity contribution in [3.05, 3.63) is 58.1 Å². The van der Waals surface area contributed by atoms with Crippen molar-refractivity contribution >= 4 is 29.3 Å². The van der Waals surface area contributed by atoms with Gasteiger partial charge < -0.3 is 30.0 Å². The number of ether oxygens (including phenoxy) is 3. The third kappa shape index (κ3) is 3.79. The van der Waals surface area contributed by atoms with Crippen LogP contribution in [-0.4, -0.2) is 38.4 Å². The lowest BCUT2D eigenvalue weighted by Gasteiger charge is -2.30. The van der Waals surface area contributed by atoms with Gasteiger partial charge in [0, 0.05) is 5.56 Å². The van der Waals surface area contributed by atoms with Crippen molar-refractivity contribution in [1.82, 2.24) is 10.6 Å². The molecule has 3 N–H and O–H groups in total. The zero-order valence-electron chi connectivity index (χ0n) is 15.9. The summed E-state index contributed by atoms with van der Waals surface area (Å²) >= 11 is 6.31. The van der Waals surface area contributed by atoms with E-state index in [1.165, 1.54) is 27.4 Å². The van der Waals surface area contributed by atoms with Crippen LogP contribution in [0.4, 0.5) is 4.79 Å². The lowest BCUT2D eigenvalue weighted by atomic mass is 9.92. The van der Waals surface area contributed by atoms with Gasteiger partial charge in [-0.15, -0.1) is 0 Å². The highest BCUT2D eigenvalue weighted by molar-refractivity contribution is 6.33. The maximum absolute atomic E-state index is 12.7. The Labute approximate surface area is 172 Å². The van der Waals surface area contributed by atoms with E-state index in [9.17, 15) is 14.7 Å². The minimum atomic E-state index is -0.961. The molecule has 1 heterocycles. The summed E-state index contributed by atoms with van der Waals surface area (Å²) in [4.78, 5) is 25.0. The van der Waals surface area contributed by atoms with Crippen LogP contribution < -0.4 is 20.1 Å². The van der Waals surface area contributed by atoms with Crippen molar-refractivity contribution < 1.29 is 28.9 Å². The van der Waals surface area contributed by atoms with E-state index >= 15 is 0 Å². The van der Waals surface area contributed by atoms with Gasteiger partial charge in [0.15, 0.2) is 11.5 Å². The van der Waals surface area contributed by atoms with Crippen LogP contribution in [0.2, 0.25) is 5.02 Å². The molecule has 29 heavy (non-hydrogen) atoms. The van der Waals surface area contributed by atoms with Gasteiger partial charge >= 0.3 is 12.0 Å². The largest absolute Gasteiger partial charge is 0.503 e. The molecule has 3 rings (SSSR count). The Kier molecular flexibility index (Phi) is 5.84. The summed E-state index contributed by atoms with van der Waals surface area (Å²) < 4.78 is 15.1. The van der Waals surface area contributed by atoms with Gasteiger partial charge in [-0.25, -0.2) is 9.59 Å². The molecule has 2 aromatic rings. The molecule has 1 unspecified atom stereocenters. The number of phenolic OH excluding ortho intramolecular Hbond substituents is 1. The predicted octanol–water partition coefficient (Wildman–Crippen LogP) is 3.00. The molecule has 0 saturated carbocycles. The number of urea groups is 1. The average molecular weight is 419 g/mol. The summed E-state index contributed by atoms with van der Waals surface area (Å²) in [5, 5.41) is 15.5. The van der Waals surface area contributed by atoms with Gasteiger partial charge in [-0.05, 0) is 35.9 Å². The Hall–Kier alpha value is -3.39. The SMILES string of the molecule is COC(=O)C1=C(c2ccc(OC)cc2)NC(=O)NC1c1ccc(OC)c(O)c1Cl. The topological polar surface area (TPSA) is 106 Å². The summed E-state index contributed by atoms with van der Waals surface area (Å²) in [5.41, 5.74) is 1.27. The summed E-state index contributed by atoms with van der Waals surface area (Å²) in [6, 6.07) is 8.36. The first-order valence-electron chi connectivity index (χ1n) is 8.51. The highest BCUT2D eigenvalue weighted by Crippen LogP contribution is 2.42. The van der Waals surface area contributed by atoms with Gasteiger partial charge in [0.25, 0.3) is 0 Å². The van der Waals surface area contributed by atoms with Crippen LogP contribution in [-0.2, 0) is 9.53 Å². The van der Waals surface area contributed by atoms with Gasteiger partial charge in [0.05, 0.1) is 43.7 Å². The highest BCUT2D eigenvalue weighted by Gasteiger charge is 2.36. The fourth-order valence-electron chi connectivity index (χ4n) is 3.06. The molecule has 0 radical (unpaired) electrons. The smallest absolute Gasteiger partial charge is 0.338 e. The molecule has 1 atom stereocenters. The number of esters is 1. The molecule has 0 saturated heterocycles. The number of hydrogen-bond donors (Lipinski definition) is 3. The van der Waals surface area contributed by atoms with E-state index in [4.69, 9.17) is 25.8 Å². The molecule has 0 bridgehead atoms. The van der Waals surface area contributed by atoms with Crippen LogP contribution >= 0.6 is 11.6 Å². The molecule has 9 heteroatoms. The zero-order valence-corrected chi connectivity index (χ0v) is 16.7. The van der Waals surface area contributed by atoms with E-state index in [1.807, 2.05) is 0 Å². The molecule has 2 aromatic carbocycles. The molecular weight excluding hydrogens is 400 g/mol. The number of carbonyl (C=O) groups excluding carboxylic acids is 2. The fourth-order valence-corrected chi connectivity index (χ4v) is 3.33. The van der Waals surface area contributed by atoms with Gasteiger partial charge in [-0.2, -0.15) is 0 Å². The normalized spacial score (nSPS) is 16.0. The number of phenols is 1. The second kappa shape index (κ2) is 8.32. The van der Waals surface area contributed by atoms with Crippen LogP contribution in [0.3, 0.4) is 0 Å². The number of carbonyl (C=O) groups is 2. The molecule has 0 fully saturated rings. The second-order valence-electron chi connectivity index (χ2n) is 6.06. The Morgan fingerprint density at radius 2 is 1.76 bits per heavy atom. The lowest BCUT2D eigenvalue weighted by Crippen LogP contribution is -2.45. The number of benzene rings is 2. The molecule has 0 aromatic heterocycles. The lowest BCUT2D eigenvalue weighted by molar-refractivity contribution is -0.136. The summed E-state index contributed by atoms with van der Waals surface area (Å²) in [7, 11) is 4.16. The van der Waals surface area contributed by atoms with Crippen LogP contribution in [0, 0.1) is 0 Å². The van der Waals surface area contributed by atoms with Crippen molar-refractivity contribution in [1.29, 1.82) is 0 Å². The van der Waals surface area contributed by atoms with Crippen LogP contribution in [0.15, 0.2) is 42.0 Å². The number of halogens is 1. The van der Waals surface area contributed by atoms with Gasteiger partial charge in [-0.1, -0.05) is 17.7 Å². The Balaban J connectivity index is 2.21. The predicted molar refractivity (Wildman–Crippen MR) is 106 cm³/mol. The van der Waals surface area contributed by atoms with Crippen LogP contribution in [0.1, 0.15) is 17.2 Å². The maximum Gasteiger partial charge on any atom is 0.338 e. The molecule has 1 aliphatic rings. The maximum atomic E-state index is 12.7. The van der Waals surface area contributed by atoms with Crippen molar-refractivity contribution in [2.24, 2.45) is 0 Å². The first-order chi connectivity index (χ1) is 13.9. The number of aromatic hydroxyl groups is 1. The fraction of sp³-hybridized carbons (Fsp3) is 0.200. The van der Waals surface area contributed by atoms with Crippen LogP contribution in [0.25, 0.3) is 5.70 Å². The number of methoxy groups -OCH3 is 3. The Morgan fingerprint density at radius 1 is 1.07 bits per heavy atom. The van der Waals surface area contributed by atoms with E-state index in [0.717, 1.165) is 0 Å². The van der Waals surface area contributed by atoms with E-state index in [0.29, 0.717) is 16.9 Å². The van der Waals surface area contributed by atoms with Crippen LogP contribution in [0.5, 0.6) is 17.2 Å². The first kappa shape index (κ1) is 20.3. The molecular formula is C20H19ClN2O6. The minimum Gasteiger partial charge on any atom is -0.503 e. The molecule has 2 amide bonds. The zero-order chi connectivity index (χ0) is 21.1. The molecule has 8 nitrogen and oxygen atoms in total. The Morgan fingerprint density at radius 3 is 2.34 bits per heavy atom. The number of hydrogen-bond acceptors (Lipinski definition) is 6. The van der Waals surface area contributed by atoms with Crippen molar-refractivity contribution in [3.8, 4) is 17.2 Å². The second-order valence-corrected chi connectivity index (χ2v) is 6.44. The van der Waals surface area contributed by atoms with E-state index in [2.05, 4.69) is 10.6 Å². The first-order valence-corrected chi connectivity index (χ1v) is 8.88. The number of amides is 2. The summed E-state index contributed by atoms with van der Waals surface area (Å²) in [6.45, 7) is 0. The average Bonchev–Trinajstić information content (AvgIpc) is 2.74. The van der Waals surface area contributed by atoms with Gasteiger partial charge in [0.2, 0.25) is 0 Å². The van der Waals surface area contributed by atoms with E-state index in [1.54, 1.807) is 30.3 Å². The number of nitrogens with one attached hydrogen (secondary N) is 2. The standard InChI is InChI=1S/C20H19ClN2O6/c1-27-11-6-4-10(5-7-11)16-14(19(25)29-3)17(23-20(26)22-16)12-8-9-13(28-2)18(24)15(12)21/h4-9,17,24H,1-3H3,(H2,22,23,26). The van der Waals surface area contributed by atoms with E-state index < -0.39 is 18.0 Å². The molecule has 1 aliphatic heterocycles. The molecule has 0 aliphatic carbocycles. The quantitative estimate of drug-likeness (QED) is 0.644. The summed E-state index contributed by atoms with van der Waals surface area (Å²) in [5.74, 6) is -0.179. The van der Waals surface area contributed by atoms with Gasteiger partial charge in [0.1, 0.15) is 5.75 Å². The minimum absolute atomic E-state index is 0.0490. The van der Waals surface area contributed by atoms with Crippen molar-refractivity contribution in [3.63, 3.8) is 0 Å². The number of rotatable bonds is 5. The van der Waals surface area contributed by atoms with E-state index in [-0.39, 0.29) is 27.8 Å². The van der Waals surface area contributed by atoms with Crippen molar-refractivity contribution in [2.45, 2.75) is 6.04 Å². The third-order valence-electron chi connectivity index (χ3n) is 4.50. The monoisotopic (exact) mass is 418 g/mol. The highest BCUT2D eigenvalue weighted by atomic mass is 35.5. The van der Waals surface area contributed by atoms with Gasteiger partial charge in [-0.3, -0.25) is 0 Å². The molecule has 152 valence electrons.